The average molecular weight is 454 g/mol. The number of halogens is 2. The maximum atomic E-state index is 12.8. The second-order valence-corrected chi connectivity index (χ2v) is 8.95. The molecule has 3 rings (SSSR count). The van der Waals surface area contributed by atoms with Gasteiger partial charge >= 0.3 is 6.61 Å². The Labute approximate surface area is 180 Å². The summed E-state index contributed by atoms with van der Waals surface area (Å²) < 4.78 is 62.2. The summed E-state index contributed by atoms with van der Waals surface area (Å²) in [5.41, 5.74) is 0.173. The highest BCUT2D eigenvalue weighted by atomic mass is 32.2. The summed E-state index contributed by atoms with van der Waals surface area (Å²) in [7, 11) is -2.33. The minimum absolute atomic E-state index is 0.00755. The number of alkyl halides is 2. The average Bonchev–Trinajstić information content (AvgIpc) is 3.04. The van der Waals surface area contributed by atoms with Gasteiger partial charge in [0.15, 0.2) is 11.5 Å². The molecular weight excluding hydrogens is 430 g/mol. The van der Waals surface area contributed by atoms with Crippen LogP contribution in [0.1, 0.15) is 36.0 Å². The molecule has 0 atom stereocenters. The van der Waals surface area contributed by atoms with Gasteiger partial charge in [0.1, 0.15) is 0 Å². The third kappa shape index (κ3) is 5.50. The van der Waals surface area contributed by atoms with Crippen LogP contribution in [0.4, 0.5) is 14.5 Å². The molecule has 31 heavy (non-hydrogen) atoms. The number of ether oxygens (including phenoxy) is 2. The first-order valence-electron chi connectivity index (χ1n) is 9.86. The molecular formula is C21H24F2N2O5S. The Morgan fingerprint density at radius 2 is 1.68 bits per heavy atom. The predicted octanol–water partition coefficient (Wildman–Crippen LogP) is 4.11. The molecule has 0 unspecified atom stereocenters. The fraction of sp³-hybridized carbons (Fsp3) is 0.381. The third-order valence-electron chi connectivity index (χ3n) is 4.97. The highest BCUT2D eigenvalue weighted by Gasteiger charge is 2.25. The number of benzene rings is 2. The van der Waals surface area contributed by atoms with Gasteiger partial charge in [-0.2, -0.15) is 13.1 Å². The van der Waals surface area contributed by atoms with Crippen molar-refractivity contribution >= 4 is 21.6 Å². The number of anilines is 1. The summed E-state index contributed by atoms with van der Waals surface area (Å²) in [5, 5.41) is 2.56. The van der Waals surface area contributed by atoms with Gasteiger partial charge in [0.25, 0.3) is 5.91 Å². The number of hydrogen-bond donors (Lipinski definition) is 1. The van der Waals surface area contributed by atoms with Gasteiger partial charge in [-0.1, -0.05) is 18.9 Å². The number of para-hydroxylation sites is 1. The summed E-state index contributed by atoms with van der Waals surface area (Å²) in [4.78, 5) is 12.8. The third-order valence-corrected chi connectivity index (χ3v) is 6.88. The minimum atomic E-state index is -3.61. The number of nitrogens with zero attached hydrogens (tertiary/aromatic N) is 1. The monoisotopic (exact) mass is 454 g/mol. The first-order valence-corrected chi connectivity index (χ1v) is 11.3. The zero-order chi connectivity index (χ0) is 22.4. The molecule has 1 N–H and O–H groups in total. The van der Waals surface area contributed by atoms with Crippen LogP contribution in [0.2, 0.25) is 0 Å². The van der Waals surface area contributed by atoms with Crippen LogP contribution in [0.3, 0.4) is 0 Å². The Balaban J connectivity index is 1.78. The zero-order valence-corrected chi connectivity index (χ0v) is 17.8. The molecule has 1 saturated heterocycles. The highest BCUT2D eigenvalue weighted by Crippen LogP contribution is 2.33. The van der Waals surface area contributed by atoms with Gasteiger partial charge in [-0.05, 0) is 49.2 Å². The largest absolute Gasteiger partial charge is 0.493 e. The van der Waals surface area contributed by atoms with Gasteiger partial charge in [0.2, 0.25) is 10.0 Å². The van der Waals surface area contributed by atoms with E-state index in [9.17, 15) is 22.0 Å². The molecule has 2 aromatic rings. The van der Waals surface area contributed by atoms with E-state index in [2.05, 4.69) is 10.1 Å². The second-order valence-electron chi connectivity index (χ2n) is 7.01. The quantitative estimate of drug-likeness (QED) is 0.681. The van der Waals surface area contributed by atoms with Crippen molar-refractivity contribution in [1.29, 1.82) is 0 Å². The number of hydrogen-bond acceptors (Lipinski definition) is 5. The van der Waals surface area contributed by atoms with Crippen LogP contribution in [0.5, 0.6) is 11.5 Å². The Morgan fingerprint density at radius 1 is 1.03 bits per heavy atom. The SMILES string of the molecule is COc1cccc(C(=O)Nc2ccc(S(=O)(=O)N3CCCCCC3)cc2)c1OC(F)F. The lowest BCUT2D eigenvalue weighted by Crippen LogP contribution is -2.31. The zero-order valence-electron chi connectivity index (χ0n) is 17.0. The molecule has 10 heteroatoms. The molecule has 0 aliphatic carbocycles. The summed E-state index contributed by atoms with van der Waals surface area (Å²) in [6, 6.07) is 9.94. The fourth-order valence-corrected chi connectivity index (χ4v) is 4.92. The summed E-state index contributed by atoms with van der Waals surface area (Å²) >= 11 is 0. The maximum absolute atomic E-state index is 12.8. The van der Waals surface area contributed by atoms with E-state index in [4.69, 9.17) is 4.74 Å². The van der Waals surface area contributed by atoms with Gasteiger partial charge in [-0.3, -0.25) is 4.79 Å². The predicted molar refractivity (Wildman–Crippen MR) is 111 cm³/mol. The molecule has 1 amide bonds. The molecule has 0 spiro atoms. The Bertz CT molecular complexity index is 1000. The number of nitrogens with one attached hydrogen (secondary N) is 1. The maximum Gasteiger partial charge on any atom is 0.387 e. The summed E-state index contributed by atoms with van der Waals surface area (Å²) in [5.74, 6) is -1.08. The van der Waals surface area contributed by atoms with Crippen molar-refractivity contribution in [3.05, 3.63) is 48.0 Å². The number of amides is 1. The Morgan fingerprint density at radius 3 is 2.26 bits per heavy atom. The highest BCUT2D eigenvalue weighted by molar-refractivity contribution is 7.89. The van der Waals surface area contributed by atoms with Crippen LogP contribution in [0.15, 0.2) is 47.4 Å². The van der Waals surface area contributed by atoms with Crippen LogP contribution in [-0.2, 0) is 10.0 Å². The second kappa shape index (κ2) is 10.1. The lowest BCUT2D eigenvalue weighted by molar-refractivity contribution is -0.0515. The molecule has 1 fully saturated rings. The van der Waals surface area contributed by atoms with Gasteiger partial charge in [-0.25, -0.2) is 8.42 Å². The van der Waals surface area contributed by atoms with E-state index in [-0.39, 0.29) is 22.0 Å². The number of rotatable bonds is 7. The van der Waals surface area contributed by atoms with Crippen molar-refractivity contribution in [1.82, 2.24) is 4.31 Å². The molecule has 0 radical (unpaired) electrons. The standard InChI is InChI=1S/C21H24F2N2O5S/c1-29-18-8-6-7-17(19(18)30-21(22)23)20(26)24-15-9-11-16(12-10-15)31(27,28)25-13-4-2-3-5-14-25/h6-12,21H,2-5,13-14H2,1H3,(H,24,26). The van der Waals surface area contributed by atoms with Crippen LogP contribution in [0.25, 0.3) is 0 Å². The lowest BCUT2D eigenvalue weighted by atomic mass is 10.1. The first kappa shape index (κ1) is 23.0. The van der Waals surface area contributed by atoms with Crippen LogP contribution >= 0.6 is 0 Å². The van der Waals surface area contributed by atoms with Crippen LogP contribution < -0.4 is 14.8 Å². The lowest BCUT2D eigenvalue weighted by Gasteiger charge is -2.20. The molecule has 7 nitrogen and oxygen atoms in total. The summed E-state index contributed by atoms with van der Waals surface area (Å²) in [6.07, 6.45) is 3.69. The number of carbonyl (C=O) groups excluding carboxylic acids is 1. The van der Waals surface area contributed by atoms with Crippen molar-refractivity contribution in [2.24, 2.45) is 0 Å². The van der Waals surface area contributed by atoms with E-state index in [1.54, 1.807) is 0 Å². The van der Waals surface area contributed by atoms with E-state index in [0.717, 1.165) is 25.7 Å². The van der Waals surface area contributed by atoms with E-state index in [0.29, 0.717) is 18.8 Å². The van der Waals surface area contributed by atoms with Gasteiger partial charge in [0, 0.05) is 18.8 Å². The molecule has 1 aliphatic heterocycles. The summed E-state index contributed by atoms with van der Waals surface area (Å²) in [6.45, 7) is -2.15. The van der Waals surface area contributed by atoms with E-state index in [1.807, 2.05) is 0 Å². The van der Waals surface area contributed by atoms with E-state index >= 15 is 0 Å². The minimum Gasteiger partial charge on any atom is -0.493 e. The molecule has 168 valence electrons. The molecule has 1 aliphatic rings. The van der Waals surface area contributed by atoms with E-state index < -0.39 is 22.5 Å². The van der Waals surface area contributed by atoms with Crippen LogP contribution in [0, 0.1) is 0 Å². The van der Waals surface area contributed by atoms with Crippen LogP contribution in [-0.4, -0.2) is 45.4 Å². The molecule has 0 bridgehead atoms. The van der Waals surface area contributed by atoms with E-state index in [1.165, 1.54) is 53.9 Å². The molecule has 1 heterocycles. The number of methoxy groups -OCH3 is 1. The van der Waals surface area contributed by atoms with Crippen molar-refractivity contribution in [2.75, 3.05) is 25.5 Å². The first-order chi connectivity index (χ1) is 14.8. The van der Waals surface area contributed by atoms with Crippen molar-refractivity contribution in [2.45, 2.75) is 37.2 Å². The molecule has 0 aromatic heterocycles. The van der Waals surface area contributed by atoms with Gasteiger partial charge < -0.3 is 14.8 Å². The molecule has 0 saturated carbocycles. The van der Waals surface area contributed by atoms with Crippen molar-refractivity contribution < 1.29 is 31.5 Å². The van der Waals surface area contributed by atoms with Gasteiger partial charge in [-0.15, -0.1) is 0 Å². The normalized spacial score (nSPS) is 15.4. The van der Waals surface area contributed by atoms with Crippen molar-refractivity contribution in [3.63, 3.8) is 0 Å². The van der Waals surface area contributed by atoms with Crippen molar-refractivity contribution in [3.8, 4) is 11.5 Å². The topological polar surface area (TPSA) is 84.9 Å². The number of sulfonamides is 1. The Kier molecular flexibility index (Phi) is 7.45. The Hall–Kier alpha value is -2.72. The number of carbonyl (C=O) groups is 1. The smallest absolute Gasteiger partial charge is 0.387 e. The fourth-order valence-electron chi connectivity index (χ4n) is 3.41. The molecule has 2 aromatic carbocycles. The van der Waals surface area contributed by atoms with Gasteiger partial charge in [0.05, 0.1) is 17.6 Å².